The summed E-state index contributed by atoms with van der Waals surface area (Å²) in [6.07, 6.45) is 0. The minimum Gasteiger partial charge on any atom is -0.368 e. The van der Waals surface area contributed by atoms with Crippen LogP contribution in [0.3, 0.4) is 0 Å². The Balaban J connectivity index is 2.60. The lowest BCUT2D eigenvalue weighted by molar-refractivity contribution is 0.757. The summed E-state index contributed by atoms with van der Waals surface area (Å²) in [6.45, 7) is 1.69. The highest BCUT2D eigenvalue weighted by Crippen LogP contribution is 2.18. The number of hydrogen-bond acceptors (Lipinski definition) is 4. The van der Waals surface area contributed by atoms with Crippen molar-refractivity contribution >= 4 is 28.5 Å². The maximum atomic E-state index is 5.48. The van der Waals surface area contributed by atoms with Crippen LogP contribution in [0.25, 0.3) is 0 Å². The molecule has 1 aliphatic heterocycles. The van der Waals surface area contributed by atoms with Crippen molar-refractivity contribution in [2.24, 2.45) is 0 Å². The van der Waals surface area contributed by atoms with E-state index in [0.717, 1.165) is 22.5 Å². The first-order valence-corrected chi connectivity index (χ1v) is 4.37. The lowest BCUT2D eigenvalue weighted by Crippen LogP contribution is -2.02. The third-order valence-electron chi connectivity index (χ3n) is 1.65. The van der Waals surface area contributed by atoms with E-state index in [0.29, 0.717) is 5.95 Å². The van der Waals surface area contributed by atoms with Gasteiger partial charge in [0.25, 0.3) is 0 Å². The Bertz CT molecular complexity index is 299. The molecule has 0 aromatic carbocycles. The van der Waals surface area contributed by atoms with E-state index in [-0.39, 0.29) is 0 Å². The van der Waals surface area contributed by atoms with Crippen LogP contribution < -0.4 is 11.1 Å². The Morgan fingerprint density at radius 1 is 1.36 bits per heavy atom. The van der Waals surface area contributed by atoms with Crippen molar-refractivity contribution in [3.05, 3.63) is 15.0 Å². The average Bonchev–Trinajstić information content (AvgIpc) is 2.34. The second-order valence-corrected chi connectivity index (χ2v) is 3.42. The van der Waals surface area contributed by atoms with Crippen LogP contribution in [0.2, 0.25) is 0 Å². The lowest BCUT2D eigenvalue weighted by Gasteiger charge is -1.99. The third kappa shape index (κ3) is 1.18. The molecule has 2 rings (SSSR count). The van der Waals surface area contributed by atoms with Crippen LogP contribution in [-0.2, 0) is 13.1 Å². The fourth-order valence-electron chi connectivity index (χ4n) is 1.14. The SMILES string of the molecule is Nc1nc(I)c2c(n1)CNC2. The number of hydrogen-bond donors (Lipinski definition) is 2. The van der Waals surface area contributed by atoms with Gasteiger partial charge in [-0.25, -0.2) is 9.97 Å². The van der Waals surface area contributed by atoms with Crippen LogP contribution in [0.15, 0.2) is 0 Å². The minimum atomic E-state index is 0.372. The Morgan fingerprint density at radius 2 is 2.18 bits per heavy atom. The largest absolute Gasteiger partial charge is 0.368 e. The van der Waals surface area contributed by atoms with Crippen molar-refractivity contribution in [2.45, 2.75) is 13.1 Å². The van der Waals surface area contributed by atoms with Crippen LogP contribution in [-0.4, -0.2) is 9.97 Å². The molecule has 4 nitrogen and oxygen atoms in total. The second-order valence-electron chi connectivity index (χ2n) is 2.40. The Hall–Kier alpha value is -0.430. The van der Waals surface area contributed by atoms with Gasteiger partial charge in [0.05, 0.1) is 5.69 Å². The topological polar surface area (TPSA) is 63.8 Å². The van der Waals surface area contributed by atoms with Crippen LogP contribution in [0.5, 0.6) is 0 Å². The Kier molecular flexibility index (Phi) is 1.68. The number of nitrogen functional groups attached to an aromatic ring is 1. The number of halogens is 1. The summed E-state index contributed by atoms with van der Waals surface area (Å²) in [7, 11) is 0. The van der Waals surface area contributed by atoms with E-state index < -0.39 is 0 Å². The number of anilines is 1. The molecule has 0 fully saturated rings. The van der Waals surface area contributed by atoms with Crippen LogP contribution in [0.1, 0.15) is 11.3 Å². The zero-order valence-electron chi connectivity index (χ0n) is 5.76. The molecular formula is C6H7IN4. The highest BCUT2D eigenvalue weighted by atomic mass is 127. The number of nitrogens with zero attached hydrogens (tertiary/aromatic N) is 2. The molecule has 2 heterocycles. The molecule has 0 bridgehead atoms. The van der Waals surface area contributed by atoms with E-state index in [1.807, 2.05) is 0 Å². The van der Waals surface area contributed by atoms with Gasteiger partial charge in [0.15, 0.2) is 0 Å². The summed E-state index contributed by atoms with van der Waals surface area (Å²) in [6, 6.07) is 0. The van der Waals surface area contributed by atoms with E-state index in [2.05, 4.69) is 37.9 Å². The van der Waals surface area contributed by atoms with Gasteiger partial charge in [0.1, 0.15) is 3.70 Å². The second kappa shape index (κ2) is 2.56. The molecule has 0 spiro atoms. The quantitative estimate of drug-likeness (QED) is 0.520. The monoisotopic (exact) mass is 262 g/mol. The molecule has 58 valence electrons. The standard InChI is InChI=1S/C6H7IN4/c7-5-3-1-9-2-4(3)10-6(8)11-5/h9H,1-2H2,(H2,8,10,11). The predicted molar refractivity (Wildman–Crippen MR) is 49.7 cm³/mol. The molecule has 0 radical (unpaired) electrons. The number of rotatable bonds is 0. The van der Waals surface area contributed by atoms with Crippen molar-refractivity contribution in [3.8, 4) is 0 Å². The first-order valence-electron chi connectivity index (χ1n) is 3.29. The van der Waals surface area contributed by atoms with Crippen LogP contribution in [0, 0.1) is 3.70 Å². The smallest absolute Gasteiger partial charge is 0.221 e. The average molecular weight is 262 g/mol. The number of aromatic nitrogens is 2. The van der Waals surface area contributed by atoms with Crippen molar-refractivity contribution in [3.63, 3.8) is 0 Å². The Morgan fingerprint density at radius 3 is 3.00 bits per heavy atom. The van der Waals surface area contributed by atoms with E-state index >= 15 is 0 Å². The van der Waals surface area contributed by atoms with Gasteiger partial charge >= 0.3 is 0 Å². The van der Waals surface area contributed by atoms with E-state index in [9.17, 15) is 0 Å². The van der Waals surface area contributed by atoms with Crippen LogP contribution in [0.4, 0.5) is 5.95 Å². The molecule has 0 atom stereocenters. The fourth-order valence-corrected chi connectivity index (χ4v) is 1.89. The molecular weight excluding hydrogens is 255 g/mol. The van der Waals surface area contributed by atoms with Crippen molar-refractivity contribution in [1.29, 1.82) is 0 Å². The molecule has 3 N–H and O–H groups in total. The summed E-state index contributed by atoms with van der Waals surface area (Å²) in [5.74, 6) is 0.372. The molecule has 0 saturated carbocycles. The third-order valence-corrected chi connectivity index (χ3v) is 2.55. The molecule has 0 aliphatic carbocycles. The van der Waals surface area contributed by atoms with E-state index in [1.165, 1.54) is 5.56 Å². The molecule has 0 amide bonds. The van der Waals surface area contributed by atoms with Crippen LogP contribution >= 0.6 is 22.6 Å². The summed E-state index contributed by atoms with van der Waals surface area (Å²) in [5.41, 5.74) is 7.71. The van der Waals surface area contributed by atoms with Gasteiger partial charge in [0.2, 0.25) is 5.95 Å². The molecule has 1 aliphatic rings. The van der Waals surface area contributed by atoms with Gasteiger partial charge in [0, 0.05) is 18.7 Å². The molecule has 0 unspecified atom stereocenters. The zero-order valence-corrected chi connectivity index (χ0v) is 7.92. The van der Waals surface area contributed by atoms with Crippen molar-refractivity contribution in [2.75, 3.05) is 5.73 Å². The first-order chi connectivity index (χ1) is 5.27. The van der Waals surface area contributed by atoms with Gasteiger partial charge < -0.3 is 11.1 Å². The van der Waals surface area contributed by atoms with Gasteiger partial charge in [-0.3, -0.25) is 0 Å². The van der Waals surface area contributed by atoms with Gasteiger partial charge in [-0.15, -0.1) is 0 Å². The number of nitrogens with two attached hydrogens (primary N) is 1. The summed E-state index contributed by atoms with van der Waals surface area (Å²) in [5, 5.41) is 3.19. The summed E-state index contributed by atoms with van der Waals surface area (Å²) >= 11 is 2.18. The van der Waals surface area contributed by atoms with E-state index in [4.69, 9.17) is 5.73 Å². The molecule has 0 saturated heterocycles. The molecule has 1 aromatic heterocycles. The molecule has 5 heteroatoms. The first kappa shape index (κ1) is 7.23. The van der Waals surface area contributed by atoms with Crippen molar-refractivity contribution in [1.82, 2.24) is 15.3 Å². The summed E-state index contributed by atoms with van der Waals surface area (Å²) < 4.78 is 0.968. The van der Waals surface area contributed by atoms with Gasteiger partial charge in [-0.1, -0.05) is 0 Å². The normalized spacial score (nSPS) is 15.0. The maximum Gasteiger partial charge on any atom is 0.221 e. The van der Waals surface area contributed by atoms with Gasteiger partial charge in [-0.05, 0) is 22.6 Å². The van der Waals surface area contributed by atoms with Crippen molar-refractivity contribution < 1.29 is 0 Å². The summed E-state index contributed by atoms with van der Waals surface area (Å²) in [4.78, 5) is 8.17. The lowest BCUT2D eigenvalue weighted by atomic mass is 10.3. The van der Waals surface area contributed by atoms with Gasteiger partial charge in [-0.2, -0.15) is 0 Å². The molecule has 11 heavy (non-hydrogen) atoms. The van der Waals surface area contributed by atoms with E-state index in [1.54, 1.807) is 0 Å². The number of nitrogens with one attached hydrogen (secondary N) is 1. The number of fused-ring (bicyclic) bond motifs is 1. The highest BCUT2D eigenvalue weighted by molar-refractivity contribution is 14.1. The molecule has 1 aromatic rings. The zero-order chi connectivity index (χ0) is 7.84. The highest BCUT2D eigenvalue weighted by Gasteiger charge is 2.15. The fraction of sp³-hybridized carbons (Fsp3) is 0.333. The Labute approximate surface area is 77.7 Å². The predicted octanol–water partition coefficient (Wildman–Crippen LogP) is 0.267. The minimum absolute atomic E-state index is 0.372. The maximum absolute atomic E-state index is 5.48.